The molecule has 0 spiro atoms. The summed E-state index contributed by atoms with van der Waals surface area (Å²) in [7, 11) is 0. The zero-order valence-corrected chi connectivity index (χ0v) is 23.1. The lowest BCUT2D eigenvalue weighted by Gasteiger charge is -2.25. The van der Waals surface area contributed by atoms with Gasteiger partial charge in [0.25, 0.3) is 0 Å². The van der Waals surface area contributed by atoms with Crippen molar-refractivity contribution in [2.24, 2.45) is 0 Å². The number of hydrogen-bond acceptors (Lipinski definition) is 4. The lowest BCUT2D eigenvalue weighted by atomic mass is 9.98. The van der Waals surface area contributed by atoms with Crippen LogP contribution in [-0.2, 0) is 0 Å². The van der Waals surface area contributed by atoms with Gasteiger partial charge in [-0.1, -0.05) is 66.7 Å². The highest BCUT2D eigenvalue weighted by Crippen LogP contribution is 2.40. The molecule has 43 heavy (non-hydrogen) atoms. The predicted octanol–water partition coefficient (Wildman–Crippen LogP) is 11.2. The molecule has 4 nitrogen and oxygen atoms in total. The van der Waals surface area contributed by atoms with Crippen LogP contribution in [0.3, 0.4) is 0 Å². The van der Waals surface area contributed by atoms with Crippen LogP contribution in [-0.4, -0.2) is 4.98 Å². The van der Waals surface area contributed by atoms with E-state index >= 15 is 0 Å². The van der Waals surface area contributed by atoms with Crippen LogP contribution >= 0.6 is 0 Å². The van der Waals surface area contributed by atoms with E-state index in [9.17, 15) is 0 Å². The van der Waals surface area contributed by atoms with E-state index in [1.54, 1.807) is 6.20 Å². The summed E-state index contributed by atoms with van der Waals surface area (Å²) in [6.45, 7) is 0. The molecule has 0 atom stereocenters. The Balaban J connectivity index is 1.15. The van der Waals surface area contributed by atoms with Crippen molar-refractivity contribution in [2.45, 2.75) is 0 Å². The van der Waals surface area contributed by atoms with Crippen molar-refractivity contribution in [3.05, 3.63) is 146 Å². The Morgan fingerprint density at radius 2 is 1.14 bits per heavy atom. The van der Waals surface area contributed by atoms with Gasteiger partial charge in [-0.3, -0.25) is 4.98 Å². The minimum Gasteiger partial charge on any atom is -0.456 e. The van der Waals surface area contributed by atoms with Crippen LogP contribution in [0.15, 0.2) is 155 Å². The second-order valence-electron chi connectivity index (χ2n) is 10.8. The monoisotopic (exact) mass is 552 g/mol. The predicted molar refractivity (Wildman–Crippen MR) is 176 cm³/mol. The molecule has 9 aromatic rings. The van der Waals surface area contributed by atoms with Gasteiger partial charge in [0.05, 0.1) is 0 Å². The van der Waals surface area contributed by atoms with E-state index in [1.165, 1.54) is 5.39 Å². The topological polar surface area (TPSA) is 42.4 Å². The Bertz CT molecular complexity index is 2450. The molecule has 0 aliphatic rings. The summed E-state index contributed by atoms with van der Waals surface area (Å²) in [5, 5.41) is 6.73. The van der Waals surface area contributed by atoms with Crippen molar-refractivity contribution >= 4 is 71.7 Å². The third-order valence-electron chi connectivity index (χ3n) is 8.35. The average molecular weight is 553 g/mol. The fourth-order valence-corrected chi connectivity index (χ4v) is 6.30. The molecule has 0 N–H and O–H groups in total. The lowest BCUT2D eigenvalue weighted by molar-refractivity contribution is 0.668. The second-order valence-corrected chi connectivity index (χ2v) is 10.8. The Morgan fingerprint density at radius 1 is 0.442 bits per heavy atom. The van der Waals surface area contributed by atoms with E-state index in [0.717, 1.165) is 77.5 Å². The van der Waals surface area contributed by atoms with Crippen LogP contribution in [0.1, 0.15) is 0 Å². The maximum atomic E-state index is 6.24. The van der Waals surface area contributed by atoms with Crippen molar-refractivity contribution in [2.75, 3.05) is 4.90 Å². The van der Waals surface area contributed by atoms with Crippen molar-refractivity contribution in [1.29, 1.82) is 0 Å². The van der Waals surface area contributed by atoms with Gasteiger partial charge < -0.3 is 13.7 Å². The molecule has 0 aliphatic carbocycles. The molecule has 0 aliphatic heterocycles. The van der Waals surface area contributed by atoms with Crippen molar-refractivity contribution < 1.29 is 8.83 Å². The summed E-state index contributed by atoms with van der Waals surface area (Å²) in [5.74, 6) is 0. The van der Waals surface area contributed by atoms with Gasteiger partial charge >= 0.3 is 0 Å². The van der Waals surface area contributed by atoms with Crippen molar-refractivity contribution in [1.82, 2.24) is 4.98 Å². The first kappa shape index (κ1) is 23.8. The molecular formula is C39H24N2O2. The fourth-order valence-electron chi connectivity index (χ4n) is 6.30. The van der Waals surface area contributed by atoms with Gasteiger partial charge in [0.15, 0.2) is 0 Å². The largest absolute Gasteiger partial charge is 0.456 e. The number of furan rings is 2. The molecule has 0 bridgehead atoms. The molecule has 0 saturated heterocycles. The summed E-state index contributed by atoms with van der Waals surface area (Å²) < 4.78 is 12.4. The SMILES string of the molecule is c1ccc(N(c2ccc(-c3ccc4ccc5oc6ccncc6c5c4c3)cc2)c2ccc3c(c2)oc2ccccc23)cc1. The number of hydrogen-bond donors (Lipinski definition) is 0. The number of aromatic nitrogens is 1. The molecule has 9 rings (SSSR count). The zero-order valence-electron chi connectivity index (χ0n) is 23.1. The van der Waals surface area contributed by atoms with Crippen LogP contribution in [0, 0.1) is 0 Å². The second kappa shape index (κ2) is 9.33. The number of anilines is 3. The van der Waals surface area contributed by atoms with Crippen LogP contribution in [0.5, 0.6) is 0 Å². The summed E-state index contributed by atoms with van der Waals surface area (Å²) in [6, 6.07) is 46.6. The lowest BCUT2D eigenvalue weighted by Crippen LogP contribution is -2.09. The molecule has 0 amide bonds. The van der Waals surface area contributed by atoms with Gasteiger partial charge in [0.2, 0.25) is 0 Å². The quantitative estimate of drug-likeness (QED) is 0.218. The molecule has 0 fully saturated rings. The number of pyridine rings is 1. The molecule has 0 unspecified atom stereocenters. The molecule has 6 aromatic carbocycles. The van der Waals surface area contributed by atoms with Gasteiger partial charge in [-0.05, 0) is 82.6 Å². The number of fused-ring (bicyclic) bond motifs is 8. The highest BCUT2D eigenvalue weighted by atomic mass is 16.3. The van der Waals surface area contributed by atoms with E-state index < -0.39 is 0 Å². The number of para-hydroxylation sites is 2. The van der Waals surface area contributed by atoms with E-state index in [-0.39, 0.29) is 0 Å². The maximum absolute atomic E-state index is 6.24. The Kier molecular flexibility index (Phi) is 5.16. The van der Waals surface area contributed by atoms with E-state index in [2.05, 4.69) is 113 Å². The fraction of sp³-hybridized carbons (Fsp3) is 0. The van der Waals surface area contributed by atoms with E-state index in [0.29, 0.717) is 0 Å². The normalized spacial score (nSPS) is 11.7. The van der Waals surface area contributed by atoms with Gasteiger partial charge in [0, 0.05) is 57.1 Å². The van der Waals surface area contributed by atoms with E-state index in [4.69, 9.17) is 8.83 Å². The standard InChI is InChI=1S/C39H24N2O2/c1-2-6-28(7-3-1)41(30-17-18-32-31-8-4-5-9-35(31)43-38(32)23-30)29-15-12-25(13-16-29)27-11-10-26-14-19-37-39(33(26)22-27)34-24-40-21-20-36(34)42-37/h1-24H. The highest BCUT2D eigenvalue weighted by molar-refractivity contribution is 6.19. The molecule has 3 aromatic heterocycles. The van der Waals surface area contributed by atoms with Crippen LogP contribution in [0.2, 0.25) is 0 Å². The van der Waals surface area contributed by atoms with Crippen molar-refractivity contribution in [3.8, 4) is 11.1 Å². The summed E-state index contributed by atoms with van der Waals surface area (Å²) in [4.78, 5) is 6.62. The van der Waals surface area contributed by atoms with Gasteiger partial charge in [-0.2, -0.15) is 0 Å². The molecule has 0 radical (unpaired) electrons. The first-order valence-corrected chi connectivity index (χ1v) is 14.4. The summed E-state index contributed by atoms with van der Waals surface area (Å²) >= 11 is 0. The van der Waals surface area contributed by atoms with Crippen LogP contribution < -0.4 is 4.90 Å². The van der Waals surface area contributed by atoms with Gasteiger partial charge in [-0.25, -0.2) is 0 Å². The number of benzene rings is 6. The Labute approximate surface area is 247 Å². The zero-order chi connectivity index (χ0) is 28.3. The smallest absolute Gasteiger partial charge is 0.138 e. The highest BCUT2D eigenvalue weighted by Gasteiger charge is 2.16. The van der Waals surface area contributed by atoms with Crippen molar-refractivity contribution in [3.63, 3.8) is 0 Å². The average Bonchev–Trinajstić information content (AvgIpc) is 3.64. The molecule has 0 saturated carbocycles. The molecule has 3 heterocycles. The number of rotatable bonds is 4. The molecule has 4 heteroatoms. The Hall–Kier alpha value is -5.87. The van der Waals surface area contributed by atoms with E-state index in [1.807, 2.05) is 36.5 Å². The van der Waals surface area contributed by atoms with Gasteiger partial charge in [-0.15, -0.1) is 0 Å². The summed E-state index contributed by atoms with van der Waals surface area (Å²) in [5.41, 5.74) is 9.00. The van der Waals surface area contributed by atoms with Gasteiger partial charge in [0.1, 0.15) is 22.3 Å². The summed E-state index contributed by atoms with van der Waals surface area (Å²) in [6.07, 6.45) is 3.66. The maximum Gasteiger partial charge on any atom is 0.138 e. The minimum atomic E-state index is 0.856. The first-order chi connectivity index (χ1) is 21.3. The third-order valence-corrected chi connectivity index (χ3v) is 8.35. The molecule has 202 valence electrons. The number of nitrogens with zero attached hydrogens (tertiary/aromatic N) is 2. The Morgan fingerprint density at radius 3 is 2.05 bits per heavy atom. The third kappa shape index (κ3) is 3.81. The molecular weight excluding hydrogens is 528 g/mol. The minimum absolute atomic E-state index is 0.856. The van der Waals surface area contributed by atoms with Crippen LogP contribution in [0.25, 0.3) is 65.8 Å². The van der Waals surface area contributed by atoms with Crippen LogP contribution in [0.4, 0.5) is 17.1 Å². The first-order valence-electron chi connectivity index (χ1n) is 14.4.